The molecule has 6 nitrogen and oxygen atoms in total. The zero-order chi connectivity index (χ0) is 30.1. The third kappa shape index (κ3) is 6.01. The van der Waals surface area contributed by atoms with Crippen molar-refractivity contribution in [3.63, 3.8) is 0 Å². The van der Waals surface area contributed by atoms with Crippen LogP contribution in [0.1, 0.15) is 73.0 Å². The summed E-state index contributed by atoms with van der Waals surface area (Å²) in [5.41, 5.74) is 1.89. The summed E-state index contributed by atoms with van der Waals surface area (Å²) in [6.45, 7) is 2.34. The van der Waals surface area contributed by atoms with Crippen LogP contribution in [0.4, 0.5) is 8.78 Å². The van der Waals surface area contributed by atoms with Gasteiger partial charge in [0.2, 0.25) is 5.82 Å². The predicted octanol–water partition coefficient (Wildman–Crippen LogP) is 8.17. The van der Waals surface area contributed by atoms with Crippen LogP contribution in [0.2, 0.25) is 0 Å². The quantitative estimate of drug-likeness (QED) is 0.198. The van der Waals surface area contributed by atoms with Crippen LogP contribution >= 0.6 is 15.9 Å². The summed E-state index contributed by atoms with van der Waals surface area (Å²) in [4.78, 5) is 13.3. The summed E-state index contributed by atoms with van der Waals surface area (Å²) in [7, 11) is 1.58. The van der Waals surface area contributed by atoms with E-state index in [9.17, 15) is 4.79 Å². The van der Waals surface area contributed by atoms with E-state index in [4.69, 9.17) is 14.6 Å². The Morgan fingerprint density at radius 2 is 1.81 bits per heavy atom. The number of aryl methyl sites for hydroxylation is 1. The average molecular weight is 653 g/mol. The van der Waals surface area contributed by atoms with E-state index in [1.165, 1.54) is 6.07 Å². The number of benzene rings is 3. The van der Waals surface area contributed by atoms with Crippen LogP contribution in [0.5, 0.6) is 11.5 Å². The third-order valence-corrected chi connectivity index (χ3v) is 9.96. The maximum absolute atomic E-state index is 15.3. The molecule has 0 aliphatic heterocycles. The van der Waals surface area contributed by atoms with E-state index in [-0.39, 0.29) is 23.3 Å². The highest BCUT2D eigenvalue weighted by Crippen LogP contribution is 2.51. The second-order valence-electron chi connectivity index (χ2n) is 12.0. The van der Waals surface area contributed by atoms with Gasteiger partial charge in [-0.1, -0.05) is 41.1 Å². The monoisotopic (exact) mass is 651 g/mol. The Labute approximate surface area is 258 Å². The van der Waals surface area contributed by atoms with Gasteiger partial charge in [-0.15, -0.1) is 0 Å². The summed E-state index contributed by atoms with van der Waals surface area (Å²) < 4.78 is 44.6. The van der Waals surface area contributed by atoms with Crippen LogP contribution in [-0.4, -0.2) is 29.3 Å². The minimum absolute atomic E-state index is 0.0550. The lowest BCUT2D eigenvalue weighted by molar-refractivity contribution is 0.0894. The van der Waals surface area contributed by atoms with Gasteiger partial charge < -0.3 is 14.8 Å². The molecule has 1 N–H and O–H groups in total. The largest absolute Gasteiger partial charge is 0.497 e. The van der Waals surface area contributed by atoms with Crippen molar-refractivity contribution in [2.24, 2.45) is 11.3 Å². The lowest BCUT2D eigenvalue weighted by atomic mass is 9.71. The maximum Gasteiger partial charge on any atom is 0.254 e. The molecule has 7 rings (SSSR count). The van der Waals surface area contributed by atoms with Crippen molar-refractivity contribution in [2.75, 3.05) is 13.7 Å². The molecule has 3 saturated carbocycles. The van der Waals surface area contributed by atoms with E-state index < -0.39 is 17.5 Å². The molecule has 2 bridgehead atoms. The molecule has 3 fully saturated rings. The van der Waals surface area contributed by atoms with Crippen molar-refractivity contribution in [3.8, 4) is 11.5 Å². The van der Waals surface area contributed by atoms with Crippen LogP contribution in [0.3, 0.4) is 0 Å². The van der Waals surface area contributed by atoms with E-state index >= 15 is 8.78 Å². The molecule has 3 aromatic carbocycles. The number of halogens is 3. The van der Waals surface area contributed by atoms with Crippen molar-refractivity contribution in [3.05, 3.63) is 87.5 Å². The first-order valence-corrected chi connectivity index (χ1v) is 15.8. The first-order chi connectivity index (χ1) is 20.8. The number of amides is 1. The Morgan fingerprint density at radius 1 is 1.07 bits per heavy atom. The Kier molecular flexibility index (Phi) is 8.45. The normalized spacial score (nSPS) is 21.5. The molecule has 3 aliphatic rings. The fourth-order valence-electron chi connectivity index (χ4n) is 6.85. The highest BCUT2D eigenvalue weighted by Gasteiger charge is 2.43. The molecular weight excluding hydrogens is 616 g/mol. The van der Waals surface area contributed by atoms with Gasteiger partial charge in [0.25, 0.3) is 5.91 Å². The lowest BCUT2D eigenvalue weighted by Gasteiger charge is -2.37. The smallest absolute Gasteiger partial charge is 0.254 e. The standard InChI is InChI=1S/C34H36BrF2N3O3/c1-3-22-16-27(30(36)31(37)32(22)43-19-21-4-8-26(42-2)9-5-21)33(41)38-20-34-13-10-23(11-14-34)29(12-15-34)40-18-24-6-7-25(35)17-28(24)39-40/h4-9,16-18,23,29H,3,10-15,19-20H2,1-2H3,(H,38,41)/t23-,29?,34+. The number of carbonyl (C=O) groups excluding carboxylic acids is 1. The van der Waals surface area contributed by atoms with E-state index in [0.717, 1.165) is 59.5 Å². The van der Waals surface area contributed by atoms with Crippen molar-refractivity contribution < 1.29 is 23.0 Å². The van der Waals surface area contributed by atoms with Crippen molar-refractivity contribution in [1.82, 2.24) is 15.1 Å². The number of nitrogens with zero attached hydrogens (tertiary/aromatic N) is 2. The minimum atomic E-state index is -1.18. The fourth-order valence-corrected chi connectivity index (χ4v) is 7.20. The van der Waals surface area contributed by atoms with Crippen LogP contribution in [-0.2, 0) is 13.0 Å². The predicted molar refractivity (Wildman–Crippen MR) is 165 cm³/mol. The second-order valence-corrected chi connectivity index (χ2v) is 12.9. The number of methoxy groups -OCH3 is 1. The van der Waals surface area contributed by atoms with E-state index in [0.29, 0.717) is 36.2 Å². The Hall–Kier alpha value is -3.46. The number of nitrogens with one attached hydrogen (secondary N) is 1. The zero-order valence-electron chi connectivity index (χ0n) is 24.5. The van der Waals surface area contributed by atoms with Gasteiger partial charge in [-0.2, -0.15) is 9.49 Å². The molecule has 1 heterocycles. The van der Waals surface area contributed by atoms with E-state index in [1.54, 1.807) is 31.4 Å². The van der Waals surface area contributed by atoms with Crippen molar-refractivity contribution in [2.45, 2.75) is 64.5 Å². The summed E-state index contributed by atoms with van der Waals surface area (Å²) in [6, 6.07) is 15.1. The highest BCUT2D eigenvalue weighted by atomic mass is 79.9. The summed E-state index contributed by atoms with van der Waals surface area (Å²) in [6.07, 6.45) is 8.57. The Morgan fingerprint density at radius 3 is 2.53 bits per heavy atom. The van der Waals surface area contributed by atoms with Gasteiger partial charge in [-0.05, 0) is 97.7 Å². The number of aromatic nitrogens is 2. The molecule has 0 saturated heterocycles. The molecule has 0 spiro atoms. The highest BCUT2D eigenvalue weighted by molar-refractivity contribution is 9.10. The third-order valence-electron chi connectivity index (χ3n) is 9.46. The van der Waals surface area contributed by atoms with E-state index in [2.05, 4.69) is 38.2 Å². The minimum Gasteiger partial charge on any atom is -0.497 e. The topological polar surface area (TPSA) is 65.4 Å². The van der Waals surface area contributed by atoms with Gasteiger partial charge in [0, 0.05) is 22.6 Å². The van der Waals surface area contributed by atoms with Crippen LogP contribution in [0.15, 0.2) is 59.2 Å². The lowest BCUT2D eigenvalue weighted by Crippen LogP contribution is -2.39. The van der Waals surface area contributed by atoms with Crippen molar-refractivity contribution >= 4 is 32.7 Å². The number of ether oxygens (including phenoxy) is 2. The number of hydrogen-bond donors (Lipinski definition) is 1. The van der Waals surface area contributed by atoms with Gasteiger partial charge in [-0.25, -0.2) is 4.39 Å². The molecule has 3 aliphatic carbocycles. The number of rotatable bonds is 9. The van der Waals surface area contributed by atoms with Crippen molar-refractivity contribution in [1.29, 1.82) is 0 Å². The molecule has 1 aromatic heterocycles. The van der Waals surface area contributed by atoms with Gasteiger partial charge in [-0.3, -0.25) is 9.48 Å². The van der Waals surface area contributed by atoms with Gasteiger partial charge in [0.15, 0.2) is 11.6 Å². The Bertz CT molecular complexity index is 1630. The molecule has 1 atom stereocenters. The maximum atomic E-state index is 15.3. The first-order valence-electron chi connectivity index (χ1n) is 15.0. The fraction of sp³-hybridized carbons (Fsp3) is 0.412. The number of fused-ring (bicyclic) bond motifs is 5. The van der Waals surface area contributed by atoms with E-state index in [1.807, 2.05) is 19.1 Å². The molecule has 4 aromatic rings. The molecule has 226 valence electrons. The SMILES string of the molecule is CCc1cc(C(=O)NC[C@]23CCC(n4cc5ccc(Br)cc5n4)[C@@H](CC2)CC3)c(F)c(F)c1OCc1ccc(OC)cc1. The summed E-state index contributed by atoms with van der Waals surface area (Å²) >= 11 is 3.54. The zero-order valence-corrected chi connectivity index (χ0v) is 26.1. The van der Waals surface area contributed by atoms with Crippen LogP contribution in [0.25, 0.3) is 10.9 Å². The molecule has 43 heavy (non-hydrogen) atoms. The molecule has 0 radical (unpaired) electrons. The summed E-state index contributed by atoms with van der Waals surface area (Å²) in [5.74, 6) is -1.83. The molecule has 1 unspecified atom stereocenters. The molecular formula is C34H36BrF2N3O3. The summed E-state index contributed by atoms with van der Waals surface area (Å²) in [5, 5.41) is 9.00. The van der Waals surface area contributed by atoms with Crippen LogP contribution < -0.4 is 14.8 Å². The molecule has 9 heteroatoms. The van der Waals surface area contributed by atoms with Gasteiger partial charge in [0.05, 0.1) is 24.2 Å². The second kappa shape index (κ2) is 12.3. The Balaban J connectivity index is 1.13. The number of carbonyl (C=O) groups is 1. The average Bonchev–Trinajstić information content (AvgIpc) is 3.24. The number of hydrogen-bond acceptors (Lipinski definition) is 4. The van der Waals surface area contributed by atoms with Crippen LogP contribution in [0, 0.1) is 23.0 Å². The first kappa shape index (κ1) is 29.6. The van der Waals surface area contributed by atoms with Gasteiger partial charge in [0.1, 0.15) is 12.4 Å². The molecule has 1 amide bonds. The van der Waals surface area contributed by atoms with Gasteiger partial charge >= 0.3 is 0 Å².